The quantitative estimate of drug-likeness (QED) is 0.285. The van der Waals surface area contributed by atoms with Crippen molar-refractivity contribution in [1.29, 1.82) is 0 Å². The summed E-state index contributed by atoms with van der Waals surface area (Å²) < 4.78 is 56.0. The van der Waals surface area contributed by atoms with E-state index < -0.39 is 19.1 Å². The predicted octanol–water partition coefficient (Wildman–Crippen LogP) is 5.72. The van der Waals surface area contributed by atoms with Crippen molar-refractivity contribution in [1.82, 2.24) is 5.06 Å². The van der Waals surface area contributed by atoms with Crippen LogP contribution in [0.5, 0.6) is 11.5 Å². The third-order valence-electron chi connectivity index (χ3n) is 3.41. The Balaban J connectivity index is 0.000000316. The first-order valence-corrected chi connectivity index (χ1v) is 9.02. The van der Waals surface area contributed by atoms with Crippen molar-refractivity contribution in [3.8, 4) is 11.5 Å². The molecule has 0 N–H and O–H groups in total. The molecule has 0 heterocycles. The van der Waals surface area contributed by atoms with Gasteiger partial charge in [0.15, 0.2) is 5.78 Å². The van der Waals surface area contributed by atoms with Crippen molar-refractivity contribution >= 4 is 34.9 Å². The van der Waals surface area contributed by atoms with Crippen LogP contribution in [0.4, 0.5) is 17.6 Å². The van der Waals surface area contributed by atoms with Gasteiger partial charge in [-0.25, -0.2) is 5.06 Å². The minimum atomic E-state index is -2.98. The molecule has 0 fully saturated rings. The van der Waals surface area contributed by atoms with Crippen molar-refractivity contribution in [2.24, 2.45) is 0 Å². The Kier molecular flexibility index (Phi) is 10.5. The molecule has 2 rings (SSSR count). The standard InChI is InChI=1S/C10H10ClF2NO3.C9H7ClF2O2/c1-14(16-2)9(15)6-3-7(11)5-8(4-6)17-10(12)13;1-5(13)6-2-7(10)4-8(3-6)14-9(11)12/h3-5,10H,1-2H3;2-4,9H,1H3. The number of alkyl halides is 4. The average Bonchev–Trinajstić information content (AvgIpc) is 2.65. The van der Waals surface area contributed by atoms with Crippen LogP contribution in [0.2, 0.25) is 10.0 Å². The summed E-state index contributed by atoms with van der Waals surface area (Å²) in [4.78, 5) is 27.3. The van der Waals surface area contributed by atoms with Crippen LogP contribution in [0.25, 0.3) is 0 Å². The van der Waals surface area contributed by atoms with Gasteiger partial charge in [-0.1, -0.05) is 23.2 Å². The summed E-state index contributed by atoms with van der Waals surface area (Å²) in [5.74, 6) is -1.07. The number of hydrogen-bond donors (Lipinski definition) is 0. The van der Waals surface area contributed by atoms with E-state index in [1.165, 1.54) is 51.4 Å². The second-order valence-corrected chi connectivity index (χ2v) is 6.52. The maximum absolute atomic E-state index is 12.0. The Bertz CT molecular complexity index is 915. The number of hydrogen-bond acceptors (Lipinski definition) is 5. The molecular formula is C19H17Cl2F4NO5. The smallest absolute Gasteiger partial charge is 0.387 e. The van der Waals surface area contributed by atoms with Gasteiger partial charge in [0.2, 0.25) is 0 Å². The average molecular weight is 486 g/mol. The van der Waals surface area contributed by atoms with E-state index in [9.17, 15) is 27.2 Å². The fraction of sp³-hybridized carbons (Fsp3) is 0.263. The lowest BCUT2D eigenvalue weighted by atomic mass is 10.1. The number of nitrogens with zero attached hydrogens (tertiary/aromatic N) is 1. The molecular weight excluding hydrogens is 469 g/mol. The second kappa shape index (κ2) is 12.3. The van der Waals surface area contributed by atoms with Gasteiger partial charge in [-0.3, -0.25) is 14.4 Å². The lowest BCUT2D eigenvalue weighted by molar-refractivity contribution is -0.0758. The molecule has 12 heteroatoms. The molecule has 0 aliphatic carbocycles. The first-order chi connectivity index (χ1) is 14.4. The van der Waals surface area contributed by atoms with E-state index in [1.807, 2.05) is 0 Å². The molecule has 0 saturated carbocycles. The summed E-state index contributed by atoms with van der Waals surface area (Å²) >= 11 is 11.3. The van der Waals surface area contributed by atoms with Crippen LogP contribution >= 0.6 is 23.2 Å². The summed E-state index contributed by atoms with van der Waals surface area (Å²) in [5.41, 5.74) is 0.339. The molecule has 0 bridgehead atoms. The van der Waals surface area contributed by atoms with E-state index in [2.05, 4.69) is 14.3 Å². The monoisotopic (exact) mass is 485 g/mol. The molecule has 0 spiro atoms. The van der Waals surface area contributed by atoms with Crippen molar-refractivity contribution in [3.05, 3.63) is 57.6 Å². The molecule has 0 saturated heterocycles. The molecule has 0 aliphatic heterocycles. The second-order valence-electron chi connectivity index (χ2n) is 5.65. The van der Waals surface area contributed by atoms with Gasteiger partial charge in [0, 0.05) is 28.2 Å². The molecule has 0 aromatic heterocycles. The van der Waals surface area contributed by atoms with Gasteiger partial charge < -0.3 is 9.47 Å². The van der Waals surface area contributed by atoms with E-state index in [0.29, 0.717) is 0 Å². The summed E-state index contributed by atoms with van der Waals surface area (Å²) in [5, 5.41) is 1.25. The van der Waals surface area contributed by atoms with Crippen LogP contribution in [0, 0.1) is 0 Å². The van der Waals surface area contributed by atoms with E-state index in [-0.39, 0.29) is 38.5 Å². The van der Waals surface area contributed by atoms with Gasteiger partial charge in [-0.05, 0) is 43.3 Å². The Labute approximate surface area is 185 Å². The fourth-order valence-electron chi connectivity index (χ4n) is 2.06. The number of ether oxygens (including phenoxy) is 2. The molecule has 31 heavy (non-hydrogen) atoms. The maximum atomic E-state index is 12.0. The zero-order valence-corrected chi connectivity index (χ0v) is 17.9. The molecule has 2 aromatic rings. The Morgan fingerprint density at radius 2 is 1.26 bits per heavy atom. The Morgan fingerprint density at radius 1 is 0.839 bits per heavy atom. The molecule has 1 amide bonds. The Morgan fingerprint density at radius 3 is 1.65 bits per heavy atom. The van der Waals surface area contributed by atoms with Crippen LogP contribution in [-0.2, 0) is 4.84 Å². The van der Waals surface area contributed by atoms with E-state index >= 15 is 0 Å². The predicted molar refractivity (Wildman–Crippen MR) is 105 cm³/mol. The zero-order chi connectivity index (χ0) is 23.7. The van der Waals surface area contributed by atoms with Gasteiger partial charge in [0.05, 0.1) is 7.11 Å². The van der Waals surface area contributed by atoms with Gasteiger partial charge in [-0.15, -0.1) is 0 Å². The van der Waals surface area contributed by atoms with Crippen molar-refractivity contribution in [3.63, 3.8) is 0 Å². The van der Waals surface area contributed by atoms with Crippen LogP contribution < -0.4 is 9.47 Å². The minimum absolute atomic E-state index is 0.0949. The number of amides is 1. The van der Waals surface area contributed by atoms with Gasteiger partial charge in [0.1, 0.15) is 11.5 Å². The highest BCUT2D eigenvalue weighted by Crippen LogP contribution is 2.24. The van der Waals surface area contributed by atoms with Crippen LogP contribution in [-0.4, -0.2) is 44.1 Å². The van der Waals surface area contributed by atoms with Gasteiger partial charge in [0.25, 0.3) is 5.91 Å². The summed E-state index contributed by atoms with van der Waals surface area (Å²) in [6.45, 7) is -4.58. The van der Waals surface area contributed by atoms with Gasteiger partial charge >= 0.3 is 13.2 Å². The molecule has 0 aliphatic rings. The van der Waals surface area contributed by atoms with Crippen LogP contribution in [0.15, 0.2) is 36.4 Å². The zero-order valence-electron chi connectivity index (χ0n) is 16.4. The molecule has 0 radical (unpaired) electrons. The molecule has 0 atom stereocenters. The highest BCUT2D eigenvalue weighted by atomic mass is 35.5. The van der Waals surface area contributed by atoms with E-state index in [0.717, 1.165) is 11.1 Å². The lowest BCUT2D eigenvalue weighted by Crippen LogP contribution is -2.25. The Hall–Kier alpha value is -2.56. The number of benzene rings is 2. The van der Waals surface area contributed by atoms with Crippen molar-refractivity contribution in [2.45, 2.75) is 20.1 Å². The first kappa shape index (κ1) is 26.5. The number of carbonyl (C=O) groups is 2. The summed E-state index contributed by atoms with van der Waals surface area (Å²) in [7, 11) is 2.69. The van der Waals surface area contributed by atoms with E-state index in [1.54, 1.807) is 0 Å². The normalized spacial score (nSPS) is 10.4. The van der Waals surface area contributed by atoms with Crippen molar-refractivity contribution < 1.29 is 41.5 Å². The van der Waals surface area contributed by atoms with Crippen LogP contribution in [0.3, 0.4) is 0 Å². The highest BCUT2D eigenvalue weighted by Gasteiger charge is 2.15. The molecule has 6 nitrogen and oxygen atoms in total. The topological polar surface area (TPSA) is 65.1 Å². The minimum Gasteiger partial charge on any atom is -0.435 e. The van der Waals surface area contributed by atoms with Gasteiger partial charge in [-0.2, -0.15) is 17.6 Å². The molecule has 170 valence electrons. The number of hydroxylamine groups is 2. The molecule has 0 unspecified atom stereocenters. The number of carbonyl (C=O) groups excluding carboxylic acids is 2. The lowest BCUT2D eigenvalue weighted by Gasteiger charge is -2.14. The third-order valence-corrected chi connectivity index (χ3v) is 3.84. The summed E-state index contributed by atoms with van der Waals surface area (Å²) in [6, 6.07) is 7.52. The summed E-state index contributed by atoms with van der Waals surface area (Å²) in [6.07, 6.45) is 0. The number of halogens is 6. The van der Waals surface area contributed by atoms with Crippen LogP contribution in [0.1, 0.15) is 27.6 Å². The molecule has 2 aromatic carbocycles. The number of Topliss-reactive ketones (excluding diaryl/α,β-unsaturated/α-hetero) is 1. The SMILES string of the molecule is CC(=O)c1cc(Cl)cc(OC(F)F)c1.CON(C)C(=O)c1cc(Cl)cc(OC(F)F)c1. The number of ketones is 1. The largest absolute Gasteiger partial charge is 0.435 e. The first-order valence-electron chi connectivity index (χ1n) is 8.26. The number of rotatable bonds is 7. The van der Waals surface area contributed by atoms with E-state index in [4.69, 9.17) is 23.2 Å². The van der Waals surface area contributed by atoms with Crippen molar-refractivity contribution in [2.75, 3.05) is 14.2 Å². The highest BCUT2D eigenvalue weighted by molar-refractivity contribution is 6.31. The maximum Gasteiger partial charge on any atom is 0.387 e. The third kappa shape index (κ3) is 9.41. The fourth-order valence-corrected chi connectivity index (χ4v) is 2.51.